The molecule has 1 heteroatoms. The summed E-state index contributed by atoms with van der Waals surface area (Å²) in [6.07, 6.45) is 6.58. The standard InChI is InChI=1S/C14H25F/c1-10(2)6-12-8-13(12)7-11(3)9-14(15)4-5-14/h10-13H,4-9H2,1-3H3. The van der Waals surface area contributed by atoms with Crippen molar-refractivity contribution in [3.63, 3.8) is 0 Å². The largest absolute Gasteiger partial charge is 0.244 e. The van der Waals surface area contributed by atoms with Crippen molar-refractivity contribution in [3.8, 4) is 0 Å². The zero-order valence-corrected chi connectivity index (χ0v) is 10.4. The van der Waals surface area contributed by atoms with Crippen LogP contribution in [0.2, 0.25) is 0 Å². The van der Waals surface area contributed by atoms with Gasteiger partial charge in [-0.1, -0.05) is 20.8 Å². The molecule has 0 N–H and O–H groups in total. The van der Waals surface area contributed by atoms with E-state index in [9.17, 15) is 4.39 Å². The van der Waals surface area contributed by atoms with Gasteiger partial charge in [-0.15, -0.1) is 0 Å². The first kappa shape index (κ1) is 11.4. The normalized spacial score (nSPS) is 34.2. The summed E-state index contributed by atoms with van der Waals surface area (Å²) in [4.78, 5) is 0. The van der Waals surface area contributed by atoms with E-state index >= 15 is 0 Å². The summed E-state index contributed by atoms with van der Waals surface area (Å²) in [7, 11) is 0. The van der Waals surface area contributed by atoms with Crippen molar-refractivity contribution in [1.82, 2.24) is 0 Å². The number of hydrogen-bond acceptors (Lipinski definition) is 0. The summed E-state index contributed by atoms with van der Waals surface area (Å²) >= 11 is 0. The maximum absolute atomic E-state index is 13.5. The second-order valence-corrected chi connectivity index (χ2v) is 6.58. The van der Waals surface area contributed by atoms with E-state index in [2.05, 4.69) is 20.8 Å². The second-order valence-electron chi connectivity index (χ2n) is 6.58. The molecule has 88 valence electrons. The van der Waals surface area contributed by atoms with Gasteiger partial charge >= 0.3 is 0 Å². The highest BCUT2D eigenvalue weighted by Crippen LogP contribution is 2.50. The molecule has 3 unspecified atom stereocenters. The van der Waals surface area contributed by atoms with Crippen LogP contribution in [-0.4, -0.2) is 5.67 Å². The smallest absolute Gasteiger partial charge is 0.111 e. The molecular weight excluding hydrogens is 187 g/mol. The van der Waals surface area contributed by atoms with Crippen LogP contribution in [0.5, 0.6) is 0 Å². The van der Waals surface area contributed by atoms with Crippen LogP contribution >= 0.6 is 0 Å². The van der Waals surface area contributed by atoms with Crippen molar-refractivity contribution in [3.05, 3.63) is 0 Å². The molecule has 2 aliphatic rings. The van der Waals surface area contributed by atoms with Crippen molar-refractivity contribution in [2.75, 3.05) is 0 Å². The van der Waals surface area contributed by atoms with Gasteiger partial charge in [0.1, 0.15) is 5.67 Å². The number of alkyl halides is 1. The zero-order chi connectivity index (χ0) is 11.1. The molecule has 2 rings (SSSR count). The summed E-state index contributed by atoms with van der Waals surface area (Å²) in [5, 5.41) is 0. The molecule has 0 aromatic rings. The van der Waals surface area contributed by atoms with Crippen LogP contribution in [-0.2, 0) is 0 Å². The maximum Gasteiger partial charge on any atom is 0.111 e. The third-order valence-corrected chi connectivity index (χ3v) is 4.06. The van der Waals surface area contributed by atoms with E-state index in [1.807, 2.05) is 0 Å². The van der Waals surface area contributed by atoms with Gasteiger partial charge in [0.15, 0.2) is 0 Å². The second kappa shape index (κ2) is 4.07. The molecular formula is C14H25F. The summed E-state index contributed by atoms with van der Waals surface area (Å²) < 4.78 is 13.5. The lowest BCUT2D eigenvalue weighted by atomic mass is 9.95. The highest BCUT2D eigenvalue weighted by atomic mass is 19.1. The van der Waals surface area contributed by atoms with Crippen LogP contribution in [0.4, 0.5) is 4.39 Å². The van der Waals surface area contributed by atoms with Crippen LogP contribution in [0.25, 0.3) is 0 Å². The Kier molecular flexibility index (Phi) is 3.10. The predicted molar refractivity (Wildman–Crippen MR) is 62.5 cm³/mol. The van der Waals surface area contributed by atoms with Crippen molar-refractivity contribution < 1.29 is 4.39 Å². The lowest BCUT2D eigenvalue weighted by Gasteiger charge is -2.13. The lowest BCUT2D eigenvalue weighted by molar-refractivity contribution is 0.240. The van der Waals surface area contributed by atoms with Crippen LogP contribution in [0.15, 0.2) is 0 Å². The summed E-state index contributed by atoms with van der Waals surface area (Å²) in [5.74, 6) is 3.36. The molecule has 0 aromatic carbocycles. The van der Waals surface area contributed by atoms with Crippen LogP contribution in [0.3, 0.4) is 0 Å². The molecule has 3 atom stereocenters. The SMILES string of the molecule is CC(C)CC1CC1CC(C)CC1(F)CC1. The highest BCUT2D eigenvalue weighted by Gasteiger charge is 2.45. The fourth-order valence-corrected chi connectivity index (χ4v) is 3.06. The third-order valence-electron chi connectivity index (χ3n) is 4.06. The van der Waals surface area contributed by atoms with Crippen molar-refractivity contribution >= 4 is 0 Å². The first-order valence-corrected chi connectivity index (χ1v) is 6.67. The van der Waals surface area contributed by atoms with E-state index in [1.54, 1.807) is 0 Å². The molecule has 0 bridgehead atoms. The summed E-state index contributed by atoms with van der Waals surface area (Å²) in [5.41, 5.74) is -0.734. The van der Waals surface area contributed by atoms with E-state index in [4.69, 9.17) is 0 Å². The molecule has 0 aromatic heterocycles. The Balaban J connectivity index is 1.62. The highest BCUT2D eigenvalue weighted by molar-refractivity contribution is 4.96. The van der Waals surface area contributed by atoms with Gasteiger partial charge in [0, 0.05) is 0 Å². The van der Waals surface area contributed by atoms with Gasteiger partial charge in [-0.25, -0.2) is 4.39 Å². The van der Waals surface area contributed by atoms with Crippen molar-refractivity contribution in [1.29, 1.82) is 0 Å². The van der Waals surface area contributed by atoms with Crippen LogP contribution in [0, 0.1) is 23.7 Å². The van der Waals surface area contributed by atoms with E-state index in [0.717, 1.165) is 37.0 Å². The molecule has 2 fully saturated rings. The summed E-state index contributed by atoms with van der Waals surface area (Å²) in [6, 6.07) is 0. The topological polar surface area (TPSA) is 0 Å². The minimum absolute atomic E-state index is 0.611. The molecule has 15 heavy (non-hydrogen) atoms. The fourth-order valence-electron chi connectivity index (χ4n) is 3.06. The minimum Gasteiger partial charge on any atom is -0.244 e. The maximum atomic E-state index is 13.5. The quantitative estimate of drug-likeness (QED) is 0.604. The minimum atomic E-state index is -0.734. The molecule has 0 amide bonds. The van der Waals surface area contributed by atoms with Gasteiger partial charge in [0.2, 0.25) is 0 Å². The molecule has 0 aliphatic heterocycles. The lowest BCUT2D eigenvalue weighted by Crippen LogP contribution is -2.08. The number of halogens is 1. The zero-order valence-electron chi connectivity index (χ0n) is 10.4. The average molecular weight is 212 g/mol. The molecule has 0 spiro atoms. The Bertz CT molecular complexity index is 217. The first-order chi connectivity index (χ1) is 6.98. The Morgan fingerprint density at radius 1 is 1.13 bits per heavy atom. The van der Waals surface area contributed by atoms with Gasteiger partial charge < -0.3 is 0 Å². The van der Waals surface area contributed by atoms with E-state index in [-0.39, 0.29) is 0 Å². The van der Waals surface area contributed by atoms with E-state index in [0.29, 0.717) is 5.92 Å². The molecule has 0 radical (unpaired) electrons. The van der Waals surface area contributed by atoms with Gasteiger partial charge in [-0.2, -0.15) is 0 Å². The Morgan fingerprint density at radius 3 is 2.27 bits per heavy atom. The molecule has 0 heterocycles. The average Bonchev–Trinajstić information content (AvgIpc) is 2.94. The fraction of sp³-hybridized carbons (Fsp3) is 1.00. The first-order valence-electron chi connectivity index (χ1n) is 6.67. The molecule has 0 nitrogen and oxygen atoms in total. The summed E-state index contributed by atoms with van der Waals surface area (Å²) in [6.45, 7) is 6.85. The number of hydrogen-bond donors (Lipinski definition) is 0. The Labute approximate surface area is 93.6 Å². The van der Waals surface area contributed by atoms with Crippen molar-refractivity contribution in [2.24, 2.45) is 23.7 Å². The Hall–Kier alpha value is -0.0700. The molecule has 2 aliphatic carbocycles. The van der Waals surface area contributed by atoms with E-state index < -0.39 is 5.67 Å². The Morgan fingerprint density at radius 2 is 1.73 bits per heavy atom. The number of rotatable bonds is 6. The van der Waals surface area contributed by atoms with E-state index in [1.165, 1.54) is 19.3 Å². The van der Waals surface area contributed by atoms with Crippen LogP contribution < -0.4 is 0 Å². The van der Waals surface area contributed by atoms with Gasteiger partial charge in [0.25, 0.3) is 0 Å². The van der Waals surface area contributed by atoms with Gasteiger partial charge in [0.05, 0.1) is 0 Å². The monoisotopic (exact) mass is 212 g/mol. The molecule has 0 saturated heterocycles. The van der Waals surface area contributed by atoms with Crippen LogP contribution in [0.1, 0.15) is 59.3 Å². The predicted octanol–water partition coefficient (Wildman–Crippen LogP) is 4.59. The van der Waals surface area contributed by atoms with Gasteiger partial charge in [-0.3, -0.25) is 0 Å². The van der Waals surface area contributed by atoms with Crippen molar-refractivity contribution in [2.45, 2.75) is 65.0 Å². The third kappa shape index (κ3) is 3.46. The molecule has 2 saturated carbocycles. The van der Waals surface area contributed by atoms with Gasteiger partial charge in [-0.05, 0) is 62.2 Å².